The van der Waals surface area contributed by atoms with Gasteiger partial charge in [0.05, 0.1) is 26.9 Å². The minimum atomic E-state index is -0.784. The highest BCUT2D eigenvalue weighted by atomic mass is 16.5. The molecule has 0 saturated carbocycles. The maximum atomic E-state index is 12.4. The number of ether oxygens (including phenoxy) is 2. The van der Waals surface area contributed by atoms with Gasteiger partial charge in [-0.05, 0) is 47.9 Å². The van der Waals surface area contributed by atoms with Crippen LogP contribution in [0.1, 0.15) is 24.2 Å². The third-order valence-corrected chi connectivity index (χ3v) is 4.19. The summed E-state index contributed by atoms with van der Waals surface area (Å²) in [4.78, 5) is 13.9. The van der Waals surface area contributed by atoms with Gasteiger partial charge in [0.2, 0.25) is 5.91 Å². The highest BCUT2D eigenvalue weighted by molar-refractivity contribution is 5.94. The molecule has 1 amide bonds. The normalized spacial score (nSPS) is 12.4. The molecule has 0 aliphatic carbocycles. The number of allylic oxidation sites excluding steroid dienone is 1. The summed E-state index contributed by atoms with van der Waals surface area (Å²) in [7, 11) is 4.86. The predicted molar refractivity (Wildman–Crippen MR) is 102 cm³/mol. The first kappa shape index (κ1) is 19.5. The maximum Gasteiger partial charge on any atom is 0.246 e. The van der Waals surface area contributed by atoms with Crippen molar-refractivity contribution in [2.24, 2.45) is 0 Å². The minimum absolute atomic E-state index is 0.166. The molecule has 1 N–H and O–H groups in total. The number of likely N-dealkylation sites (N-methyl/N-ethyl adjacent to an activating group) is 1. The van der Waals surface area contributed by atoms with Crippen LogP contribution in [0.2, 0.25) is 0 Å². The monoisotopic (exact) mass is 355 g/mol. The summed E-state index contributed by atoms with van der Waals surface area (Å²) in [5.41, 5.74) is 2.50. The van der Waals surface area contributed by atoms with Gasteiger partial charge in [0.1, 0.15) is 11.5 Å². The number of aliphatic hydroxyl groups excluding tert-OH is 1. The molecule has 0 spiro atoms. The predicted octanol–water partition coefficient (Wildman–Crippen LogP) is 3.30. The molecule has 0 aromatic heterocycles. The van der Waals surface area contributed by atoms with Crippen LogP contribution in [0.3, 0.4) is 0 Å². The van der Waals surface area contributed by atoms with Gasteiger partial charge in [-0.25, -0.2) is 0 Å². The van der Waals surface area contributed by atoms with E-state index in [-0.39, 0.29) is 12.5 Å². The molecule has 0 aliphatic heterocycles. The number of carbonyl (C=O) groups is 1. The number of methoxy groups -OCH3 is 2. The fourth-order valence-corrected chi connectivity index (χ4v) is 2.54. The molecule has 2 rings (SSSR count). The van der Waals surface area contributed by atoms with Crippen LogP contribution in [-0.2, 0) is 4.79 Å². The van der Waals surface area contributed by atoms with Crippen LogP contribution in [0.5, 0.6) is 11.5 Å². The van der Waals surface area contributed by atoms with Gasteiger partial charge >= 0.3 is 0 Å². The van der Waals surface area contributed by atoms with Crippen LogP contribution in [0, 0.1) is 0 Å². The van der Waals surface area contributed by atoms with E-state index in [1.807, 2.05) is 49.4 Å². The van der Waals surface area contributed by atoms with Crippen molar-refractivity contribution in [1.29, 1.82) is 0 Å². The summed E-state index contributed by atoms with van der Waals surface area (Å²) in [5.74, 6) is 1.28. The molecule has 2 aromatic carbocycles. The van der Waals surface area contributed by atoms with Crippen LogP contribution in [-0.4, -0.2) is 43.7 Å². The summed E-state index contributed by atoms with van der Waals surface area (Å²) < 4.78 is 10.3. The number of carbonyl (C=O) groups excluding carboxylic acids is 1. The Hall–Kier alpha value is -2.79. The molecule has 1 atom stereocenters. The second-order valence-corrected chi connectivity index (χ2v) is 6.07. The standard InChI is InChI=1S/C21H25NO4/c1-15(16-8-10-18(25-3)11-9-16)12-21(24)22(2)14-20(23)17-6-5-7-19(13-17)26-4/h5-13,20,23H,14H2,1-4H3/b15-12+. The Morgan fingerprint density at radius 3 is 2.38 bits per heavy atom. The van der Waals surface area contributed by atoms with Crippen LogP contribution in [0.4, 0.5) is 0 Å². The first-order valence-electron chi connectivity index (χ1n) is 8.34. The number of hydrogen-bond donors (Lipinski definition) is 1. The molecule has 0 heterocycles. The van der Waals surface area contributed by atoms with Gasteiger partial charge in [-0.1, -0.05) is 24.3 Å². The average molecular weight is 355 g/mol. The maximum absolute atomic E-state index is 12.4. The van der Waals surface area contributed by atoms with Crippen molar-refractivity contribution in [2.45, 2.75) is 13.0 Å². The van der Waals surface area contributed by atoms with E-state index in [0.717, 1.165) is 16.9 Å². The summed E-state index contributed by atoms with van der Waals surface area (Å²) in [5, 5.41) is 10.4. The highest BCUT2D eigenvalue weighted by Gasteiger charge is 2.15. The third kappa shape index (κ3) is 5.10. The van der Waals surface area contributed by atoms with Crippen molar-refractivity contribution >= 4 is 11.5 Å². The molecule has 0 saturated heterocycles. The second kappa shape index (κ2) is 9.06. The lowest BCUT2D eigenvalue weighted by Crippen LogP contribution is -2.29. The quantitative estimate of drug-likeness (QED) is 0.774. The number of nitrogens with zero attached hydrogens (tertiary/aromatic N) is 1. The molecule has 0 fully saturated rings. The van der Waals surface area contributed by atoms with E-state index in [0.29, 0.717) is 11.3 Å². The first-order chi connectivity index (χ1) is 12.4. The SMILES string of the molecule is COc1ccc(/C(C)=C/C(=O)N(C)CC(O)c2cccc(OC)c2)cc1. The van der Waals surface area contributed by atoms with Gasteiger partial charge < -0.3 is 19.5 Å². The molecule has 0 radical (unpaired) electrons. The molecule has 2 aromatic rings. The molecule has 0 bridgehead atoms. The zero-order valence-corrected chi connectivity index (χ0v) is 15.6. The largest absolute Gasteiger partial charge is 0.497 e. The summed E-state index contributed by atoms with van der Waals surface area (Å²) in [6.07, 6.45) is 0.786. The topological polar surface area (TPSA) is 59.0 Å². The van der Waals surface area contributed by atoms with Crippen LogP contribution >= 0.6 is 0 Å². The van der Waals surface area contributed by atoms with E-state index in [1.165, 1.54) is 4.90 Å². The Morgan fingerprint density at radius 1 is 1.12 bits per heavy atom. The lowest BCUT2D eigenvalue weighted by Gasteiger charge is -2.20. The molecular weight excluding hydrogens is 330 g/mol. The van der Waals surface area contributed by atoms with Gasteiger partial charge in [0.25, 0.3) is 0 Å². The van der Waals surface area contributed by atoms with E-state index in [4.69, 9.17) is 9.47 Å². The molecule has 0 aliphatic rings. The molecule has 5 heteroatoms. The molecule has 1 unspecified atom stereocenters. The Balaban J connectivity index is 2.03. The van der Waals surface area contributed by atoms with Crippen LogP contribution in [0.25, 0.3) is 5.57 Å². The fraction of sp³-hybridized carbons (Fsp3) is 0.286. The van der Waals surface area contributed by atoms with E-state index in [9.17, 15) is 9.90 Å². The zero-order chi connectivity index (χ0) is 19.1. The highest BCUT2D eigenvalue weighted by Crippen LogP contribution is 2.21. The first-order valence-corrected chi connectivity index (χ1v) is 8.34. The van der Waals surface area contributed by atoms with Gasteiger partial charge in [0.15, 0.2) is 0 Å². The van der Waals surface area contributed by atoms with Gasteiger partial charge in [0, 0.05) is 13.1 Å². The van der Waals surface area contributed by atoms with Gasteiger partial charge in [-0.3, -0.25) is 4.79 Å². The molecular formula is C21H25NO4. The molecule has 138 valence electrons. The summed E-state index contributed by atoms with van der Waals surface area (Å²) in [6.45, 7) is 2.07. The van der Waals surface area contributed by atoms with E-state index in [2.05, 4.69) is 0 Å². The number of benzene rings is 2. The van der Waals surface area contributed by atoms with Gasteiger partial charge in [-0.15, -0.1) is 0 Å². The Bertz CT molecular complexity index is 768. The van der Waals surface area contributed by atoms with Crippen molar-refractivity contribution in [3.05, 3.63) is 65.7 Å². The number of aliphatic hydroxyl groups is 1. The molecule has 26 heavy (non-hydrogen) atoms. The smallest absolute Gasteiger partial charge is 0.246 e. The number of hydrogen-bond acceptors (Lipinski definition) is 4. The Morgan fingerprint density at radius 2 is 1.77 bits per heavy atom. The van der Waals surface area contributed by atoms with Crippen molar-refractivity contribution in [3.8, 4) is 11.5 Å². The third-order valence-electron chi connectivity index (χ3n) is 4.19. The van der Waals surface area contributed by atoms with E-state index >= 15 is 0 Å². The average Bonchev–Trinajstić information content (AvgIpc) is 2.67. The lowest BCUT2D eigenvalue weighted by atomic mass is 10.1. The minimum Gasteiger partial charge on any atom is -0.497 e. The lowest BCUT2D eigenvalue weighted by molar-refractivity contribution is -0.126. The summed E-state index contributed by atoms with van der Waals surface area (Å²) >= 11 is 0. The summed E-state index contributed by atoms with van der Waals surface area (Å²) in [6, 6.07) is 14.7. The van der Waals surface area contributed by atoms with Crippen molar-refractivity contribution in [3.63, 3.8) is 0 Å². The van der Waals surface area contributed by atoms with Crippen LogP contribution < -0.4 is 9.47 Å². The van der Waals surface area contributed by atoms with E-state index in [1.54, 1.807) is 33.4 Å². The van der Waals surface area contributed by atoms with E-state index < -0.39 is 6.10 Å². The zero-order valence-electron chi connectivity index (χ0n) is 15.6. The van der Waals surface area contributed by atoms with Crippen molar-refractivity contribution < 1.29 is 19.4 Å². The van der Waals surface area contributed by atoms with Crippen molar-refractivity contribution in [2.75, 3.05) is 27.8 Å². The number of rotatable bonds is 7. The van der Waals surface area contributed by atoms with Crippen molar-refractivity contribution in [1.82, 2.24) is 4.90 Å². The fourth-order valence-electron chi connectivity index (χ4n) is 2.54. The Labute approximate surface area is 154 Å². The van der Waals surface area contributed by atoms with Crippen LogP contribution in [0.15, 0.2) is 54.6 Å². The Kier molecular flexibility index (Phi) is 6.81. The second-order valence-electron chi connectivity index (χ2n) is 6.07. The molecule has 5 nitrogen and oxygen atoms in total. The van der Waals surface area contributed by atoms with Gasteiger partial charge in [-0.2, -0.15) is 0 Å². The number of amides is 1.